The minimum atomic E-state index is -0.973. The van der Waals surface area contributed by atoms with Crippen molar-refractivity contribution < 1.29 is 14.7 Å². The predicted molar refractivity (Wildman–Crippen MR) is 80.6 cm³/mol. The highest BCUT2D eigenvalue weighted by atomic mass is 16.4. The van der Waals surface area contributed by atoms with E-state index in [1.165, 1.54) is 10.9 Å². The topological polar surface area (TPSA) is 84.2 Å². The summed E-state index contributed by atoms with van der Waals surface area (Å²) >= 11 is 0. The molecule has 1 aromatic carbocycles. The van der Waals surface area contributed by atoms with Crippen LogP contribution in [0, 0.1) is 6.92 Å². The van der Waals surface area contributed by atoms with Crippen LogP contribution in [-0.2, 0) is 21.5 Å². The number of amides is 1. The third kappa shape index (κ3) is 2.72. The van der Waals surface area contributed by atoms with E-state index in [1.807, 2.05) is 31.2 Å². The highest BCUT2D eigenvalue weighted by Crippen LogP contribution is 2.49. The van der Waals surface area contributed by atoms with Crippen LogP contribution in [0.25, 0.3) is 0 Å². The van der Waals surface area contributed by atoms with Crippen molar-refractivity contribution in [2.75, 3.05) is 5.32 Å². The molecule has 6 nitrogen and oxygen atoms in total. The third-order valence-corrected chi connectivity index (χ3v) is 3.93. The zero-order valence-corrected chi connectivity index (χ0v) is 12.2. The summed E-state index contributed by atoms with van der Waals surface area (Å²) in [4.78, 5) is 23.2. The van der Waals surface area contributed by atoms with Gasteiger partial charge in [-0.05, 0) is 25.3 Å². The van der Waals surface area contributed by atoms with Gasteiger partial charge >= 0.3 is 5.97 Å². The van der Waals surface area contributed by atoms with E-state index >= 15 is 0 Å². The van der Waals surface area contributed by atoms with Crippen LogP contribution in [-0.4, -0.2) is 26.8 Å². The van der Waals surface area contributed by atoms with Gasteiger partial charge in [0.1, 0.15) is 6.54 Å². The molecule has 0 aliphatic heterocycles. The summed E-state index contributed by atoms with van der Waals surface area (Å²) < 4.78 is 1.28. The van der Waals surface area contributed by atoms with Gasteiger partial charge in [-0.3, -0.25) is 14.3 Å². The molecule has 1 saturated carbocycles. The molecule has 22 heavy (non-hydrogen) atoms. The zero-order valence-electron chi connectivity index (χ0n) is 12.2. The number of anilines is 1. The average Bonchev–Trinajstić information content (AvgIpc) is 3.16. The SMILES string of the molecule is Cc1cccc(C2(C(=O)Nc3ccn(CC(=O)O)n3)CC2)c1. The van der Waals surface area contributed by atoms with E-state index in [9.17, 15) is 9.59 Å². The molecule has 6 heteroatoms. The number of carbonyl (C=O) groups is 2. The molecule has 0 spiro atoms. The number of aliphatic carboxylic acids is 1. The first-order chi connectivity index (χ1) is 10.5. The second-order valence-corrected chi connectivity index (χ2v) is 5.70. The molecule has 0 bridgehead atoms. The maximum absolute atomic E-state index is 12.6. The summed E-state index contributed by atoms with van der Waals surface area (Å²) in [5.41, 5.74) is 1.68. The first kappa shape index (κ1) is 14.3. The number of nitrogens with one attached hydrogen (secondary N) is 1. The van der Waals surface area contributed by atoms with E-state index in [-0.39, 0.29) is 12.5 Å². The number of carboxylic acid groups (broad SMARTS) is 1. The molecular formula is C16H17N3O3. The van der Waals surface area contributed by atoms with Gasteiger partial charge in [0.15, 0.2) is 5.82 Å². The second-order valence-electron chi connectivity index (χ2n) is 5.70. The number of rotatable bonds is 5. The van der Waals surface area contributed by atoms with Crippen molar-refractivity contribution in [2.45, 2.75) is 31.7 Å². The Labute approximate surface area is 127 Å². The molecule has 1 aliphatic carbocycles. The first-order valence-corrected chi connectivity index (χ1v) is 7.13. The van der Waals surface area contributed by atoms with Crippen molar-refractivity contribution in [3.8, 4) is 0 Å². The molecule has 2 N–H and O–H groups in total. The van der Waals surface area contributed by atoms with E-state index < -0.39 is 11.4 Å². The lowest BCUT2D eigenvalue weighted by molar-refractivity contribution is -0.137. The molecule has 3 rings (SSSR count). The zero-order chi connectivity index (χ0) is 15.7. The Morgan fingerprint density at radius 1 is 1.36 bits per heavy atom. The molecule has 1 aliphatic rings. The quantitative estimate of drug-likeness (QED) is 0.883. The molecule has 1 fully saturated rings. The minimum absolute atomic E-state index is 0.0846. The van der Waals surface area contributed by atoms with Crippen molar-refractivity contribution in [1.82, 2.24) is 9.78 Å². The summed E-state index contributed by atoms with van der Waals surface area (Å²) in [6.45, 7) is 1.78. The van der Waals surface area contributed by atoms with Gasteiger partial charge in [-0.2, -0.15) is 5.10 Å². The monoisotopic (exact) mass is 299 g/mol. The number of aromatic nitrogens is 2. The number of hydrogen-bond acceptors (Lipinski definition) is 3. The predicted octanol–water partition coefficient (Wildman–Crippen LogP) is 1.95. The van der Waals surface area contributed by atoms with Gasteiger partial charge in [0.25, 0.3) is 0 Å². The molecule has 1 heterocycles. The highest BCUT2D eigenvalue weighted by molar-refractivity contribution is 6.00. The van der Waals surface area contributed by atoms with Crippen molar-refractivity contribution in [2.24, 2.45) is 0 Å². The van der Waals surface area contributed by atoms with Crippen LogP contribution in [0.4, 0.5) is 5.82 Å². The second kappa shape index (κ2) is 5.29. The van der Waals surface area contributed by atoms with Crippen LogP contribution in [0.2, 0.25) is 0 Å². The van der Waals surface area contributed by atoms with Crippen LogP contribution in [0.1, 0.15) is 24.0 Å². The van der Waals surface area contributed by atoms with Crippen molar-refractivity contribution in [3.05, 3.63) is 47.7 Å². The number of carbonyl (C=O) groups excluding carboxylic acids is 1. The summed E-state index contributed by atoms with van der Waals surface area (Å²) in [5.74, 6) is -0.678. The van der Waals surface area contributed by atoms with E-state index in [0.29, 0.717) is 5.82 Å². The van der Waals surface area contributed by atoms with Gasteiger partial charge in [0.05, 0.1) is 5.41 Å². The van der Waals surface area contributed by atoms with Crippen LogP contribution >= 0.6 is 0 Å². The minimum Gasteiger partial charge on any atom is -0.480 e. The largest absolute Gasteiger partial charge is 0.480 e. The fraction of sp³-hybridized carbons (Fsp3) is 0.312. The Kier molecular flexibility index (Phi) is 3.44. The van der Waals surface area contributed by atoms with Gasteiger partial charge in [-0.25, -0.2) is 0 Å². The van der Waals surface area contributed by atoms with Gasteiger partial charge in [-0.1, -0.05) is 29.8 Å². The summed E-state index contributed by atoms with van der Waals surface area (Å²) in [6.07, 6.45) is 3.17. The smallest absolute Gasteiger partial charge is 0.325 e. The van der Waals surface area contributed by atoms with Crippen LogP contribution in [0.5, 0.6) is 0 Å². The third-order valence-electron chi connectivity index (χ3n) is 3.93. The van der Waals surface area contributed by atoms with Crippen LogP contribution < -0.4 is 5.32 Å². The highest BCUT2D eigenvalue weighted by Gasteiger charge is 2.51. The van der Waals surface area contributed by atoms with E-state index in [0.717, 1.165) is 24.0 Å². The number of nitrogens with zero attached hydrogens (tertiary/aromatic N) is 2. The van der Waals surface area contributed by atoms with Crippen LogP contribution in [0.15, 0.2) is 36.5 Å². The lowest BCUT2D eigenvalue weighted by atomic mass is 9.93. The van der Waals surface area contributed by atoms with Gasteiger partial charge in [0, 0.05) is 12.3 Å². The molecule has 0 saturated heterocycles. The average molecular weight is 299 g/mol. The molecule has 1 amide bonds. The number of aryl methyl sites for hydroxylation is 1. The van der Waals surface area contributed by atoms with Crippen molar-refractivity contribution in [3.63, 3.8) is 0 Å². The van der Waals surface area contributed by atoms with Gasteiger partial charge in [0.2, 0.25) is 5.91 Å². The Hall–Kier alpha value is -2.63. The first-order valence-electron chi connectivity index (χ1n) is 7.13. The van der Waals surface area contributed by atoms with E-state index in [1.54, 1.807) is 6.07 Å². The van der Waals surface area contributed by atoms with Gasteiger partial charge in [-0.15, -0.1) is 0 Å². The molecule has 2 aromatic rings. The molecule has 0 radical (unpaired) electrons. The fourth-order valence-electron chi connectivity index (χ4n) is 2.61. The van der Waals surface area contributed by atoms with E-state index in [2.05, 4.69) is 10.4 Å². The summed E-state index contributed by atoms with van der Waals surface area (Å²) in [6, 6.07) is 9.58. The fourth-order valence-corrected chi connectivity index (χ4v) is 2.61. The summed E-state index contributed by atoms with van der Waals surface area (Å²) in [7, 11) is 0. The Balaban J connectivity index is 1.74. The Bertz CT molecular complexity index is 732. The van der Waals surface area contributed by atoms with E-state index in [4.69, 9.17) is 5.11 Å². The van der Waals surface area contributed by atoms with Crippen molar-refractivity contribution >= 4 is 17.7 Å². The number of hydrogen-bond donors (Lipinski definition) is 2. The molecular weight excluding hydrogens is 282 g/mol. The maximum atomic E-state index is 12.6. The lowest BCUT2D eigenvalue weighted by Gasteiger charge is -2.15. The molecule has 0 atom stereocenters. The Morgan fingerprint density at radius 3 is 2.77 bits per heavy atom. The lowest BCUT2D eigenvalue weighted by Crippen LogP contribution is -2.28. The van der Waals surface area contributed by atoms with Gasteiger partial charge < -0.3 is 10.4 Å². The summed E-state index contributed by atoms with van der Waals surface area (Å²) in [5, 5.41) is 15.6. The standard InChI is InChI=1S/C16H17N3O3/c1-11-3-2-4-12(9-11)16(6-7-16)15(22)17-13-5-8-19(18-13)10-14(20)21/h2-5,8-9H,6-7,10H2,1H3,(H,20,21)(H,17,18,22). The normalized spacial score (nSPS) is 15.3. The Morgan fingerprint density at radius 2 is 2.14 bits per heavy atom. The maximum Gasteiger partial charge on any atom is 0.325 e. The number of carboxylic acids is 1. The molecule has 1 aromatic heterocycles. The molecule has 114 valence electrons. The van der Waals surface area contributed by atoms with Crippen LogP contribution in [0.3, 0.4) is 0 Å². The number of benzene rings is 1. The molecule has 0 unspecified atom stereocenters. The van der Waals surface area contributed by atoms with Crippen molar-refractivity contribution in [1.29, 1.82) is 0 Å².